The molecule has 0 aliphatic rings. The summed E-state index contributed by atoms with van der Waals surface area (Å²) in [6.45, 7) is 0. The van der Waals surface area contributed by atoms with Crippen LogP contribution in [0.4, 0.5) is 0 Å². The Morgan fingerprint density at radius 2 is 1.08 bits per heavy atom. The number of thiocarbonyl (C=S) groups is 2. The summed E-state index contributed by atoms with van der Waals surface area (Å²) in [5.41, 5.74) is 14.0. The minimum atomic E-state index is 0. The van der Waals surface area contributed by atoms with Crippen molar-refractivity contribution in [3.8, 4) is 0 Å². The zero-order valence-electron chi connectivity index (χ0n) is 7.07. The third-order valence-electron chi connectivity index (χ3n) is 0. The molecule has 0 amide bonds. The molecular weight excluding hydrogens is 286 g/mol. The SMILES string of the molecule is NC(=S)S.NC(=S)S.O.[CH3][Zn][CH3]. The molecule has 72 valence electrons. The van der Waals surface area contributed by atoms with Gasteiger partial charge in [-0.15, -0.1) is 25.3 Å². The maximum atomic E-state index is 4.71. The van der Waals surface area contributed by atoms with E-state index < -0.39 is 0 Å². The summed E-state index contributed by atoms with van der Waals surface area (Å²) in [5, 5.41) is 0. The minimum absolute atomic E-state index is 0. The van der Waals surface area contributed by atoms with E-state index in [0.29, 0.717) is 0 Å². The molecule has 0 fully saturated rings. The van der Waals surface area contributed by atoms with E-state index in [9.17, 15) is 0 Å². The van der Waals surface area contributed by atoms with Crippen molar-refractivity contribution in [2.24, 2.45) is 11.5 Å². The van der Waals surface area contributed by atoms with E-state index in [1.807, 2.05) is 0 Å². The van der Waals surface area contributed by atoms with Crippen LogP contribution in [-0.4, -0.2) is 14.1 Å². The molecule has 12 heavy (non-hydrogen) atoms. The van der Waals surface area contributed by atoms with Crippen LogP contribution in [0.25, 0.3) is 0 Å². The van der Waals surface area contributed by atoms with E-state index in [4.69, 9.17) is 11.5 Å². The predicted octanol–water partition coefficient (Wildman–Crippen LogP) is 0.660. The first-order valence-corrected chi connectivity index (χ1v) is 10.5. The maximum absolute atomic E-state index is 4.71. The fourth-order valence-corrected chi connectivity index (χ4v) is 0. The molecule has 0 aliphatic heterocycles. The Hall–Kier alpha value is 1.06. The van der Waals surface area contributed by atoms with E-state index in [2.05, 4.69) is 60.7 Å². The molecule has 0 bridgehead atoms. The second kappa shape index (κ2) is 22.7. The molecule has 0 aromatic rings. The van der Waals surface area contributed by atoms with E-state index in [1.54, 1.807) is 0 Å². The fourth-order valence-electron chi connectivity index (χ4n) is 0. The first-order valence-electron chi connectivity index (χ1n) is 2.85. The van der Waals surface area contributed by atoms with E-state index >= 15 is 0 Å². The van der Waals surface area contributed by atoms with E-state index in [-0.39, 0.29) is 31.2 Å². The van der Waals surface area contributed by atoms with Gasteiger partial charge in [0.05, 0.1) is 0 Å². The monoisotopic (exact) mass is 298 g/mol. The molecule has 0 aromatic heterocycles. The number of hydrogen-bond donors (Lipinski definition) is 4. The molecule has 0 saturated carbocycles. The van der Waals surface area contributed by atoms with Gasteiger partial charge in [-0.25, -0.2) is 0 Å². The quantitative estimate of drug-likeness (QED) is 0.301. The van der Waals surface area contributed by atoms with Crippen LogP contribution < -0.4 is 11.5 Å². The number of thiol groups is 2. The van der Waals surface area contributed by atoms with Gasteiger partial charge in [0.2, 0.25) is 0 Å². The third-order valence-corrected chi connectivity index (χ3v) is 0. The van der Waals surface area contributed by atoms with E-state index in [1.165, 1.54) is 0 Å². The summed E-state index contributed by atoms with van der Waals surface area (Å²) in [4.78, 5) is 0. The molecule has 0 spiro atoms. The van der Waals surface area contributed by atoms with Crippen LogP contribution >= 0.6 is 49.7 Å². The van der Waals surface area contributed by atoms with Crippen molar-refractivity contribution < 1.29 is 22.6 Å². The van der Waals surface area contributed by atoms with E-state index in [0.717, 1.165) is 0 Å². The average molecular weight is 300 g/mol. The summed E-state index contributed by atoms with van der Waals surface area (Å²) in [6.07, 6.45) is 0. The zero-order chi connectivity index (χ0) is 9.86. The molecule has 8 heteroatoms. The summed E-state index contributed by atoms with van der Waals surface area (Å²) >= 11 is 15.4. The summed E-state index contributed by atoms with van der Waals surface area (Å²) < 4.78 is 0.389. The molecule has 6 N–H and O–H groups in total. The first-order chi connectivity index (χ1) is 4.88. The molecule has 0 radical (unpaired) electrons. The van der Waals surface area contributed by atoms with Gasteiger partial charge in [0.25, 0.3) is 0 Å². The van der Waals surface area contributed by atoms with Crippen molar-refractivity contribution >= 4 is 58.3 Å². The van der Waals surface area contributed by atoms with Crippen LogP contribution in [0, 0.1) is 0 Å². The summed E-state index contributed by atoms with van der Waals surface area (Å²) in [7, 11) is 0. The molecule has 0 atom stereocenters. The van der Waals surface area contributed by atoms with Gasteiger partial charge >= 0.3 is 28.2 Å². The Labute approximate surface area is 103 Å². The van der Waals surface area contributed by atoms with Crippen LogP contribution in [0.5, 0.6) is 0 Å². The summed E-state index contributed by atoms with van der Waals surface area (Å²) in [6, 6.07) is 0. The molecule has 0 aromatic carbocycles. The Morgan fingerprint density at radius 3 is 1.08 bits per heavy atom. The second-order valence-electron chi connectivity index (χ2n) is 1.38. The molecule has 0 saturated heterocycles. The van der Waals surface area contributed by atoms with Gasteiger partial charge in [-0.2, -0.15) is 0 Å². The molecule has 3 nitrogen and oxygen atoms in total. The van der Waals surface area contributed by atoms with Gasteiger partial charge in [0.15, 0.2) is 0 Å². The van der Waals surface area contributed by atoms with Gasteiger partial charge in [-0.3, -0.25) is 0 Å². The van der Waals surface area contributed by atoms with Gasteiger partial charge < -0.3 is 16.9 Å². The molecule has 0 heterocycles. The van der Waals surface area contributed by atoms with Crippen molar-refractivity contribution in [3.05, 3.63) is 0 Å². The fraction of sp³-hybridized carbons (Fsp3) is 0.500. The molecular formula is C4H14N2OS4Zn. The Balaban J connectivity index is -0.0000000389. The Morgan fingerprint density at radius 1 is 1.08 bits per heavy atom. The molecule has 0 unspecified atom stereocenters. The Kier molecular flexibility index (Phi) is 43.8. The molecule has 0 aliphatic carbocycles. The third kappa shape index (κ3) is 991. The first kappa shape index (κ1) is 23.1. The van der Waals surface area contributed by atoms with Gasteiger partial charge in [0, 0.05) is 0 Å². The van der Waals surface area contributed by atoms with Gasteiger partial charge in [-0.1, -0.05) is 24.4 Å². The average Bonchev–Trinajstić information content (AvgIpc) is 1.60. The van der Waals surface area contributed by atoms with Gasteiger partial charge in [-0.05, 0) is 0 Å². The van der Waals surface area contributed by atoms with Crippen molar-refractivity contribution in [3.63, 3.8) is 0 Å². The number of nitrogens with two attached hydrogens (primary N) is 2. The van der Waals surface area contributed by atoms with Crippen molar-refractivity contribution in [2.75, 3.05) is 0 Å². The molecule has 0 rings (SSSR count). The van der Waals surface area contributed by atoms with Crippen LogP contribution in [0.1, 0.15) is 0 Å². The van der Waals surface area contributed by atoms with Crippen molar-refractivity contribution in [2.45, 2.75) is 11.0 Å². The van der Waals surface area contributed by atoms with Crippen LogP contribution in [0.15, 0.2) is 0 Å². The topological polar surface area (TPSA) is 83.5 Å². The standard InChI is InChI=1S/2CH3NS2.2CH3.H2O.Zn/c2*2-1(3)4;;;;/h2*(H3,2,3,4);2*1H3;1H2;. The van der Waals surface area contributed by atoms with Gasteiger partial charge in [0.1, 0.15) is 8.64 Å². The van der Waals surface area contributed by atoms with Crippen LogP contribution in [0.3, 0.4) is 0 Å². The predicted molar refractivity (Wildman–Crippen MR) is 66.9 cm³/mol. The Bertz CT molecular complexity index is 93.2. The summed E-state index contributed by atoms with van der Waals surface area (Å²) in [5.74, 6) is 0. The van der Waals surface area contributed by atoms with Crippen LogP contribution in [-0.2, 0) is 17.1 Å². The van der Waals surface area contributed by atoms with Crippen molar-refractivity contribution in [1.29, 1.82) is 0 Å². The number of hydrogen-bond acceptors (Lipinski definition) is 2. The van der Waals surface area contributed by atoms with Crippen molar-refractivity contribution in [1.82, 2.24) is 0 Å². The van der Waals surface area contributed by atoms with Crippen LogP contribution in [0.2, 0.25) is 11.0 Å². The second-order valence-corrected chi connectivity index (χ2v) is 6.80. The number of rotatable bonds is 0. The zero-order valence-corrected chi connectivity index (χ0v) is 13.5. The normalized spacial score (nSPS) is 5.00.